The number of allylic oxidation sites excluding steroid dienone is 1. The van der Waals surface area contributed by atoms with Crippen molar-refractivity contribution in [2.75, 3.05) is 10.6 Å². The predicted molar refractivity (Wildman–Crippen MR) is 110 cm³/mol. The monoisotopic (exact) mass is 371 g/mol. The van der Waals surface area contributed by atoms with E-state index < -0.39 is 6.85 Å². The van der Waals surface area contributed by atoms with Crippen molar-refractivity contribution in [2.45, 2.75) is 13.8 Å². The maximum atomic E-state index is 8.91. The second kappa shape index (κ2) is 8.48. The van der Waals surface area contributed by atoms with Gasteiger partial charge in [-0.2, -0.15) is 15.5 Å². The van der Waals surface area contributed by atoms with Crippen LogP contribution in [0.5, 0.6) is 0 Å². The summed E-state index contributed by atoms with van der Waals surface area (Å²) in [6, 6.07) is 11.6. The lowest BCUT2D eigenvalue weighted by Gasteiger charge is -2.14. The van der Waals surface area contributed by atoms with Gasteiger partial charge in [-0.25, -0.2) is 4.98 Å². The van der Waals surface area contributed by atoms with E-state index in [4.69, 9.17) is 17.4 Å². The Morgan fingerprint density at radius 2 is 1.89 bits per heavy atom. The van der Waals surface area contributed by atoms with Crippen LogP contribution >= 0.6 is 0 Å². The van der Waals surface area contributed by atoms with Crippen LogP contribution in [0.25, 0.3) is 6.08 Å². The summed E-state index contributed by atoms with van der Waals surface area (Å²) < 4.78 is 40.6. The van der Waals surface area contributed by atoms with Gasteiger partial charge >= 0.3 is 0 Å². The maximum absolute atomic E-state index is 8.91. The summed E-state index contributed by atoms with van der Waals surface area (Å²) in [6.45, 7) is -1.08. The molecule has 1 heterocycles. The molecule has 0 spiro atoms. The van der Waals surface area contributed by atoms with E-state index in [1.165, 1.54) is 18.3 Å². The molecule has 0 aliphatic heterocycles. The number of hydrogen-bond acceptors (Lipinski definition) is 6. The highest BCUT2D eigenvalue weighted by molar-refractivity contribution is 5.69. The molecule has 6 nitrogen and oxygen atoms in total. The first-order chi connectivity index (χ1) is 15.7. The molecule has 0 saturated heterocycles. The van der Waals surface area contributed by atoms with Crippen molar-refractivity contribution in [2.24, 2.45) is 0 Å². The molecular formula is C22H18N6. The number of aromatic nitrogens is 2. The van der Waals surface area contributed by atoms with Gasteiger partial charge in [0.15, 0.2) is 0 Å². The van der Waals surface area contributed by atoms with Crippen molar-refractivity contribution < 1.29 is 6.85 Å². The third-order valence-corrected chi connectivity index (χ3v) is 3.71. The van der Waals surface area contributed by atoms with Crippen LogP contribution in [-0.2, 0) is 0 Å². The molecule has 2 N–H and O–H groups in total. The van der Waals surface area contributed by atoms with Crippen molar-refractivity contribution in [1.29, 1.82) is 10.5 Å². The summed E-state index contributed by atoms with van der Waals surface area (Å²) >= 11 is 0. The molecule has 6 heteroatoms. The van der Waals surface area contributed by atoms with Crippen molar-refractivity contribution >= 4 is 29.2 Å². The fraction of sp³-hybridized carbons (Fsp3) is 0.0909. The molecule has 2 aromatic carbocycles. The fourth-order valence-electron chi connectivity index (χ4n) is 2.41. The minimum Gasteiger partial charge on any atom is -0.340 e. The van der Waals surface area contributed by atoms with E-state index in [1.807, 2.05) is 6.07 Å². The van der Waals surface area contributed by atoms with E-state index in [-0.39, 0.29) is 40.7 Å². The fourth-order valence-corrected chi connectivity index (χ4v) is 2.41. The Balaban J connectivity index is 2.02. The first-order valence-corrected chi connectivity index (χ1v) is 8.23. The van der Waals surface area contributed by atoms with Gasteiger partial charge in [0.05, 0.1) is 20.4 Å². The Morgan fingerprint density at radius 3 is 2.61 bits per heavy atom. The number of nitriles is 2. The first kappa shape index (κ1) is 13.1. The minimum atomic E-state index is -2.65. The van der Waals surface area contributed by atoms with Crippen LogP contribution < -0.4 is 10.6 Å². The highest BCUT2D eigenvalue weighted by Crippen LogP contribution is 2.26. The van der Waals surface area contributed by atoms with Crippen LogP contribution in [-0.4, -0.2) is 9.97 Å². The molecule has 0 unspecified atom stereocenters. The van der Waals surface area contributed by atoms with Gasteiger partial charge in [-0.05, 0) is 79.0 Å². The predicted octanol–water partition coefficient (Wildman–Crippen LogP) is 4.99. The number of benzene rings is 2. The highest BCUT2D eigenvalue weighted by Gasteiger charge is 2.07. The largest absolute Gasteiger partial charge is 0.340 e. The van der Waals surface area contributed by atoms with E-state index in [0.717, 1.165) is 6.08 Å². The van der Waals surface area contributed by atoms with Gasteiger partial charge in [0.1, 0.15) is 5.82 Å². The lowest BCUT2D eigenvalue weighted by Crippen LogP contribution is -2.02. The molecule has 0 saturated carbocycles. The molecule has 0 amide bonds. The van der Waals surface area contributed by atoms with E-state index in [1.54, 1.807) is 37.3 Å². The number of rotatable bonds is 5. The van der Waals surface area contributed by atoms with Gasteiger partial charge in [-0.1, -0.05) is 0 Å². The Hall–Kier alpha value is -4.16. The average Bonchev–Trinajstić information content (AvgIpc) is 2.77. The van der Waals surface area contributed by atoms with Crippen LogP contribution in [0.2, 0.25) is 0 Å². The van der Waals surface area contributed by atoms with Gasteiger partial charge in [0, 0.05) is 27.8 Å². The van der Waals surface area contributed by atoms with Crippen molar-refractivity contribution in [1.82, 2.24) is 9.97 Å². The maximum Gasteiger partial charge on any atom is 0.229 e. The van der Waals surface area contributed by atoms with Crippen LogP contribution in [0.1, 0.15) is 29.1 Å². The smallest absolute Gasteiger partial charge is 0.229 e. The summed E-state index contributed by atoms with van der Waals surface area (Å²) in [5, 5.41) is 23.6. The van der Waals surface area contributed by atoms with Crippen LogP contribution in [0.15, 0.2) is 54.7 Å². The number of hydrogen-bond donors (Lipinski definition) is 2. The lowest BCUT2D eigenvalue weighted by atomic mass is 10.0. The molecule has 136 valence electrons. The lowest BCUT2D eigenvalue weighted by molar-refractivity contribution is 1.16. The van der Waals surface area contributed by atoms with Gasteiger partial charge in [0.25, 0.3) is 0 Å². The normalized spacial score (nSPS) is 13.3. The van der Waals surface area contributed by atoms with Crippen LogP contribution in [0, 0.1) is 36.4 Å². The van der Waals surface area contributed by atoms with Crippen molar-refractivity contribution in [3.05, 3.63) is 76.9 Å². The van der Waals surface area contributed by atoms with Crippen molar-refractivity contribution in [3.63, 3.8) is 0 Å². The van der Waals surface area contributed by atoms with Gasteiger partial charge < -0.3 is 10.6 Å². The molecule has 0 aliphatic rings. The molecule has 1 aromatic heterocycles. The van der Waals surface area contributed by atoms with Gasteiger partial charge in [0.2, 0.25) is 5.95 Å². The summed E-state index contributed by atoms with van der Waals surface area (Å²) in [6.07, 6.45) is 3.84. The number of nitrogens with zero attached hydrogens (tertiary/aromatic N) is 4. The molecule has 0 atom stereocenters. The summed E-state index contributed by atoms with van der Waals surface area (Å²) in [5.41, 5.74) is 1.33. The zero-order chi connectivity index (χ0) is 24.2. The van der Waals surface area contributed by atoms with Crippen LogP contribution in [0.4, 0.5) is 23.1 Å². The topological polar surface area (TPSA) is 97.4 Å². The zero-order valence-corrected chi connectivity index (χ0v) is 14.9. The summed E-state index contributed by atoms with van der Waals surface area (Å²) in [5.74, 6) is 0.484. The van der Waals surface area contributed by atoms with E-state index >= 15 is 0 Å². The first-order valence-electron chi connectivity index (χ1n) is 10.7. The number of nitrogens with one attached hydrogen (secondary N) is 2. The Morgan fingerprint density at radius 1 is 1.11 bits per heavy atom. The molecule has 3 aromatic rings. The molecule has 0 fully saturated rings. The van der Waals surface area contributed by atoms with Gasteiger partial charge in [-0.3, -0.25) is 0 Å². The van der Waals surface area contributed by atoms with Crippen molar-refractivity contribution in [3.8, 4) is 12.1 Å². The van der Waals surface area contributed by atoms with E-state index in [9.17, 15) is 0 Å². The molecule has 0 radical (unpaired) electrons. The summed E-state index contributed by atoms with van der Waals surface area (Å²) in [7, 11) is 0. The quantitative estimate of drug-likeness (QED) is 0.613. The highest BCUT2D eigenvalue weighted by atomic mass is 15.1. The SMILES string of the molecule is [2H]c1c(C)c(Nc2ccnc(Nc3ccc(C#N)cc3)n2)c(C([2H])([2H])[2H])c([2H])c1/C=C/C#N. The van der Waals surface area contributed by atoms with E-state index in [0.29, 0.717) is 16.8 Å². The second-order valence-electron chi connectivity index (χ2n) is 5.71. The Kier molecular flexibility index (Phi) is 3.96. The minimum absolute atomic E-state index is 0.0524. The molecule has 0 bridgehead atoms. The van der Waals surface area contributed by atoms with E-state index in [2.05, 4.69) is 20.6 Å². The molecular weight excluding hydrogens is 348 g/mol. The average molecular weight is 371 g/mol. The van der Waals surface area contributed by atoms with Gasteiger partial charge in [-0.15, -0.1) is 0 Å². The Labute approximate surface area is 170 Å². The second-order valence-corrected chi connectivity index (χ2v) is 5.71. The Bertz CT molecular complexity index is 1300. The molecule has 0 aliphatic carbocycles. The third-order valence-electron chi connectivity index (χ3n) is 3.71. The molecule has 28 heavy (non-hydrogen) atoms. The summed E-state index contributed by atoms with van der Waals surface area (Å²) in [4.78, 5) is 8.48. The molecule has 3 rings (SSSR count). The zero-order valence-electron chi connectivity index (χ0n) is 19.9. The number of anilines is 4. The third kappa shape index (κ3) is 4.51. The van der Waals surface area contributed by atoms with Crippen LogP contribution in [0.3, 0.4) is 0 Å². The standard InChI is InChI=1S/C22H18N6/c1-15-12-18(4-3-10-23)13-16(2)21(15)27-20-9-11-25-22(28-20)26-19-7-5-17(14-24)6-8-19/h3-9,11-13H,1-2H3,(H2,25,26,27,28)/b4-3+/i1D3,12D,13D.